The first-order valence-electron chi connectivity index (χ1n) is 10.9. The minimum Gasteiger partial charge on any atom is -0.726 e. The summed E-state index contributed by atoms with van der Waals surface area (Å²) in [5.74, 6) is 0. The lowest BCUT2D eigenvalue weighted by molar-refractivity contribution is -0.378. The van der Waals surface area contributed by atoms with E-state index < -0.39 is 10.4 Å². The zero-order valence-corrected chi connectivity index (χ0v) is 19.4. The molecule has 0 radical (unpaired) electrons. The van der Waals surface area contributed by atoms with Crippen molar-refractivity contribution in [1.29, 1.82) is 0 Å². The molecule has 10 nitrogen and oxygen atoms in total. The van der Waals surface area contributed by atoms with Gasteiger partial charge in [0.2, 0.25) is 10.4 Å². The summed E-state index contributed by atoms with van der Waals surface area (Å²) in [4.78, 5) is 6.05. The molecule has 0 spiro atoms. The number of unbranched alkanes of at least 4 members (excludes halogenated alkanes) is 1. The van der Waals surface area contributed by atoms with Gasteiger partial charge in [-0.3, -0.25) is 4.55 Å². The number of hydrogen-bond acceptors (Lipinski definition) is 7. The zero-order chi connectivity index (χ0) is 23.8. The molecule has 2 unspecified atom stereocenters. The first-order chi connectivity index (χ1) is 15.9. The van der Waals surface area contributed by atoms with Gasteiger partial charge in [-0.2, -0.15) is 0 Å². The Morgan fingerprint density at radius 3 is 1.48 bits per heavy atom. The lowest BCUT2D eigenvalue weighted by Gasteiger charge is -2.03. The second-order valence-corrected chi connectivity index (χ2v) is 8.37. The molecule has 3 N–H and O–H groups in total. The molecule has 0 saturated carbocycles. The molecule has 2 aliphatic heterocycles. The summed E-state index contributed by atoms with van der Waals surface area (Å²) in [6.07, 6.45) is 13.0. The molecule has 4 rings (SSSR count). The van der Waals surface area contributed by atoms with Gasteiger partial charge < -0.3 is 23.5 Å². The summed E-state index contributed by atoms with van der Waals surface area (Å²) in [7, 11) is -4.92. The van der Waals surface area contributed by atoms with Gasteiger partial charge in [0.1, 0.15) is 12.2 Å². The van der Waals surface area contributed by atoms with Crippen LogP contribution in [0, 0.1) is 0 Å². The minimum atomic E-state index is -4.92. The monoisotopic (exact) mass is 485 g/mol. The van der Waals surface area contributed by atoms with Gasteiger partial charge in [-0.25, -0.2) is 18.4 Å². The Balaban J connectivity index is 0.000000195. The fourth-order valence-corrected chi connectivity index (χ4v) is 2.63. The Kier molecular flexibility index (Phi) is 13.0. The Labute approximate surface area is 194 Å². The molecule has 184 valence electrons. The van der Waals surface area contributed by atoms with Gasteiger partial charge in [-0.1, -0.05) is 0 Å². The van der Waals surface area contributed by atoms with Crippen LogP contribution in [-0.2, 0) is 42.2 Å². The maximum atomic E-state index is 8.63. The summed E-state index contributed by atoms with van der Waals surface area (Å²) in [6.45, 7) is 4.93. The van der Waals surface area contributed by atoms with Crippen LogP contribution in [0.2, 0.25) is 0 Å². The second-order valence-electron chi connectivity index (χ2n) is 7.51. The largest absolute Gasteiger partial charge is 0.726 e. The summed E-state index contributed by atoms with van der Waals surface area (Å²) in [6, 6.07) is 8.48. The highest BCUT2D eigenvalue weighted by Crippen LogP contribution is 2.10. The molecule has 2 aromatic heterocycles. The number of ether oxygens (including phenoxy) is 4. The van der Waals surface area contributed by atoms with Crippen molar-refractivity contribution in [1.82, 2.24) is 0 Å². The number of aromatic nitrogens is 2. The van der Waals surface area contributed by atoms with Gasteiger partial charge in [0, 0.05) is 37.5 Å². The third-order valence-electron chi connectivity index (χ3n) is 4.52. The second kappa shape index (κ2) is 15.8. The Morgan fingerprint density at radius 2 is 1.18 bits per heavy atom. The molecule has 2 aliphatic rings. The number of aryl methyl sites for hydroxylation is 2. The number of epoxide rings is 2. The molecule has 2 fully saturated rings. The molecule has 0 aromatic carbocycles. The average molecular weight is 486 g/mol. The third-order valence-corrected chi connectivity index (χ3v) is 4.52. The predicted molar refractivity (Wildman–Crippen MR) is 116 cm³/mol. The van der Waals surface area contributed by atoms with E-state index in [1.54, 1.807) is 0 Å². The Hall–Kier alpha value is -1.99. The fourth-order valence-electron chi connectivity index (χ4n) is 2.63. The summed E-state index contributed by atoms with van der Waals surface area (Å²) < 4.78 is 53.7. The lowest BCUT2D eigenvalue weighted by Crippen LogP contribution is -2.05. The molecule has 33 heavy (non-hydrogen) atoms. The number of H-pyrrole nitrogens is 2. The highest BCUT2D eigenvalue weighted by Gasteiger charge is 2.22. The van der Waals surface area contributed by atoms with Crippen LogP contribution in [0.4, 0.5) is 0 Å². The Bertz CT molecular complexity index is 782. The van der Waals surface area contributed by atoms with Crippen LogP contribution in [0.25, 0.3) is 0 Å². The van der Waals surface area contributed by atoms with Crippen LogP contribution in [0.1, 0.15) is 24.0 Å². The number of hydrogen-bond donors (Lipinski definition) is 1. The predicted octanol–water partition coefficient (Wildman–Crippen LogP) is 0.702. The number of aromatic amines is 2. The van der Waals surface area contributed by atoms with E-state index in [0.29, 0.717) is 12.2 Å². The van der Waals surface area contributed by atoms with E-state index in [2.05, 4.69) is 34.2 Å². The van der Waals surface area contributed by atoms with Gasteiger partial charge in [0.05, 0.1) is 26.4 Å². The topological polar surface area (TPSA) is 149 Å². The molecule has 2 saturated heterocycles. The van der Waals surface area contributed by atoms with Gasteiger partial charge in [-0.15, -0.1) is 0 Å². The molecule has 11 heteroatoms. The summed E-state index contributed by atoms with van der Waals surface area (Å²) >= 11 is 0. The van der Waals surface area contributed by atoms with E-state index in [4.69, 9.17) is 36.5 Å². The van der Waals surface area contributed by atoms with Crippen molar-refractivity contribution < 1.29 is 46.4 Å². The van der Waals surface area contributed by atoms with Crippen molar-refractivity contribution in [3.8, 4) is 0 Å². The quantitative estimate of drug-likeness (QED) is 0.200. The molecule has 0 bridgehead atoms. The van der Waals surface area contributed by atoms with Gasteiger partial charge >= 0.3 is 0 Å². The highest BCUT2D eigenvalue weighted by atomic mass is 32.3. The number of nitrogens with one attached hydrogen (secondary N) is 2. The van der Waals surface area contributed by atoms with Gasteiger partial charge in [-0.05, 0) is 36.8 Å². The summed E-state index contributed by atoms with van der Waals surface area (Å²) in [5.41, 5.74) is 2.74. The molecule has 2 aromatic rings. The Morgan fingerprint density at radius 1 is 0.848 bits per heavy atom. The van der Waals surface area contributed by atoms with Gasteiger partial charge in [0.25, 0.3) is 0 Å². The van der Waals surface area contributed by atoms with Crippen LogP contribution in [-0.4, -0.2) is 69.4 Å². The minimum absolute atomic E-state index is 0.387. The number of rotatable bonds is 12. The van der Waals surface area contributed by atoms with E-state index in [0.717, 1.165) is 65.3 Å². The maximum Gasteiger partial charge on any atom is 0.215 e. The van der Waals surface area contributed by atoms with Crippen LogP contribution in [0.3, 0.4) is 0 Å². The maximum absolute atomic E-state index is 8.63. The van der Waals surface area contributed by atoms with Crippen molar-refractivity contribution in [2.75, 3.05) is 39.6 Å². The van der Waals surface area contributed by atoms with Gasteiger partial charge in [0.15, 0.2) is 24.8 Å². The lowest BCUT2D eigenvalue weighted by atomic mass is 10.1. The van der Waals surface area contributed by atoms with Crippen LogP contribution in [0.15, 0.2) is 49.1 Å². The molecule has 0 aliphatic carbocycles. The van der Waals surface area contributed by atoms with E-state index in [-0.39, 0.29) is 0 Å². The highest BCUT2D eigenvalue weighted by molar-refractivity contribution is 7.79. The van der Waals surface area contributed by atoms with Crippen molar-refractivity contribution in [2.24, 2.45) is 0 Å². The van der Waals surface area contributed by atoms with E-state index in [1.807, 2.05) is 24.8 Å². The third kappa shape index (κ3) is 18.2. The van der Waals surface area contributed by atoms with E-state index >= 15 is 0 Å². The first-order valence-corrected chi connectivity index (χ1v) is 12.2. The first kappa shape index (κ1) is 27.3. The summed E-state index contributed by atoms with van der Waals surface area (Å²) in [5, 5.41) is 0. The van der Waals surface area contributed by atoms with E-state index in [9.17, 15) is 0 Å². The normalized spacial score (nSPS) is 18.4. The molecule has 4 heterocycles. The molecule has 0 amide bonds. The van der Waals surface area contributed by atoms with Crippen molar-refractivity contribution >= 4 is 10.4 Å². The van der Waals surface area contributed by atoms with Crippen LogP contribution < -0.4 is 9.97 Å². The fraction of sp³-hybridized carbons (Fsp3) is 0.545. The number of pyridine rings is 2. The van der Waals surface area contributed by atoms with Crippen molar-refractivity contribution in [2.45, 2.75) is 37.9 Å². The van der Waals surface area contributed by atoms with Crippen molar-refractivity contribution in [3.63, 3.8) is 0 Å². The van der Waals surface area contributed by atoms with E-state index in [1.165, 1.54) is 11.1 Å². The van der Waals surface area contributed by atoms with Crippen LogP contribution >= 0.6 is 0 Å². The molecule has 2 atom stereocenters. The molecular formula is C22H33N2O8S+. The zero-order valence-electron chi connectivity index (χ0n) is 18.6. The SMILES string of the molecule is C(CCOCC1CO1)COCC1CO1.O=S(=O)([O-])O.c1cc(CCc2cc[nH+]cc2)cc[nH+]1. The van der Waals surface area contributed by atoms with Crippen molar-refractivity contribution in [3.05, 3.63) is 60.2 Å². The smallest absolute Gasteiger partial charge is 0.215 e. The molecular weight excluding hydrogens is 452 g/mol. The van der Waals surface area contributed by atoms with Crippen LogP contribution in [0.5, 0.6) is 0 Å². The average Bonchev–Trinajstić information content (AvgIpc) is 3.71. The standard InChI is InChI=1S/C12H12N2.C10H18O4.H2O4S/c1(11-3-7-13-8-4-11)2-12-5-9-14-10-6-12;1(3-11-5-9-7-13-9)2-4-12-6-10-8-14-10;1-5(2,3)4/h3-10H,1-2H2;9-10H,1-8H2;(H2,1,2,3,4)/p+1.